The molecule has 0 amide bonds. The van der Waals surface area contributed by atoms with Crippen LogP contribution in [0.25, 0.3) is 0 Å². The topological polar surface area (TPSA) is 79.1 Å². The number of nitrogens with zero attached hydrogens (tertiary/aromatic N) is 3. The van der Waals surface area contributed by atoms with Crippen molar-refractivity contribution in [3.63, 3.8) is 0 Å². The Hall–Kier alpha value is -1.40. The van der Waals surface area contributed by atoms with E-state index < -0.39 is 0 Å². The fraction of sp³-hybridized carbons (Fsp3) is 0.692. The van der Waals surface area contributed by atoms with Crippen LogP contribution < -0.4 is 16.6 Å². The van der Waals surface area contributed by atoms with Gasteiger partial charge in [-0.25, -0.2) is 10.8 Å². The van der Waals surface area contributed by atoms with E-state index in [1.165, 1.54) is 25.7 Å². The highest BCUT2D eigenvalue weighted by atomic mass is 15.3. The van der Waals surface area contributed by atoms with E-state index in [0.29, 0.717) is 5.95 Å². The van der Waals surface area contributed by atoms with E-state index in [0.717, 1.165) is 30.5 Å². The van der Waals surface area contributed by atoms with Crippen LogP contribution in [-0.4, -0.2) is 41.0 Å². The van der Waals surface area contributed by atoms with Crippen LogP contribution in [0.1, 0.15) is 31.2 Å². The fourth-order valence-corrected chi connectivity index (χ4v) is 2.57. The maximum Gasteiger partial charge on any atom is 0.239 e. The summed E-state index contributed by atoms with van der Waals surface area (Å²) in [6, 6.07) is 0.759. The van der Waals surface area contributed by atoms with Crippen LogP contribution in [0, 0.1) is 6.92 Å². The van der Waals surface area contributed by atoms with Gasteiger partial charge in [0.25, 0.3) is 0 Å². The molecule has 106 valence electrons. The zero-order valence-electron chi connectivity index (χ0n) is 11.8. The molecule has 0 spiro atoms. The zero-order chi connectivity index (χ0) is 13.7. The third-order valence-electron chi connectivity index (χ3n) is 3.81. The normalized spacial score (nSPS) is 16.0. The van der Waals surface area contributed by atoms with Gasteiger partial charge in [-0.1, -0.05) is 12.8 Å². The molecule has 1 fully saturated rings. The first kappa shape index (κ1) is 14.0. The number of aromatic nitrogens is 2. The number of rotatable bonds is 6. The summed E-state index contributed by atoms with van der Waals surface area (Å²) in [5.41, 5.74) is 3.50. The Bertz CT molecular complexity index is 402. The molecule has 2 rings (SSSR count). The molecule has 1 saturated carbocycles. The molecule has 0 bridgehead atoms. The lowest BCUT2D eigenvalue weighted by molar-refractivity contribution is 0.254. The number of nitrogens with two attached hydrogens (primary N) is 1. The van der Waals surface area contributed by atoms with Gasteiger partial charge in [0.1, 0.15) is 5.82 Å². The average molecular weight is 264 g/mol. The number of hydrogen-bond donors (Lipinski definition) is 3. The van der Waals surface area contributed by atoms with E-state index in [9.17, 15) is 0 Å². The van der Waals surface area contributed by atoms with E-state index in [1.54, 1.807) is 6.20 Å². The van der Waals surface area contributed by atoms with Crippen LogP contribution >= 0.6 is 0 Å². The van der Waals surface area contributed by atoms with E-state index in [-0.39, 0.29) is 0 Å². The van der Waals surface area contributed by atoms with Crippen molar-refractivity contribution in [2.75, 3.05) is 30.9 Å². The first-order chi connectivity index (χ1) is 9.20. The Balaban J connectivity index is 1.81. The molecular weight excluding hydrogens is 240 g/mol. The summed E-state index contributed by atoms with van der Waals surface area (Å²) in [4.78, 5) is 10.8. The van der Waals surface area contributed by atoms with E-state index >= 15 is 0 Å². The number of likely N-dealkylation sites (N-methyl/N-ethyl adjacent to an activating group) is 1. The van der Waals surface area contributed by atoms with Gasteiger partial charge in [-0.15, -0.1) is 0 Å². The smallest absolute Gasteiger partial charge is 0.239 e. The maximum absolute atomic E-state index is 5.32. The summed E-state index contributed by atoms with van der Waals surface area (Å²) in [6.07, 6.45) is 7.19. The quantitative estimate of drug-likeness (QED) is 0.532. The standard InChI is InChI=1S/C13H24N6/c1-10-9-16-13(18-14)17-12(10)15-7-8-19(2)11-5-3-4-6-11/h9,11H,3-8,14H2,1-2H3,(H2,15,16,17,18). The SMILES string of the molecule is Cc1cnc(NN)nc1NCCN(C)C1CCCC1. The highest BCUT2D eigenvalue weighted by Crippen LogP contribution is 2.22. The van der Waals surface area contributed by atoms with Crippen LogP contribution in [0.4, 0.5) is 11.8 Å². The van der Waals surface area contributed by atoms with Crippen molar-refractivity contribution in [1.29, 1.82) is 0 Å². The molecule has 1 aromatic heterocycles. The van der Waals surface area contributed by atoms with Crippen LogP contribution in [0.15, 0.2) is 6.20 Å². The average Bonchev–Trinajstić information content (AvgIpc) is 2.95. The van der Waals surface area contributed by atoms with Gasteiger partial charge in [0.05, 0.1) is 0 Å². The third-order valence-corrected chi connectivity index (χ3v) is 3.81. The van der Waals surface area contributed by atoms with Crippen LogP contribution in [0.5, 0.6) is 0 Å². The number of hydrogen-bond acceptors (Lipinski definition) is 6. The van der Waals surface area contributed by atoms with Crippen LogP contribution in [0.3, 0.4) is 0 Å². The molecule has 1 heterocycles. The summed E-state index contributed by atoms with van der Waals surface area (Å²) in [5.74, 6) is 6.61. The molecule has 1 aliphatic carbocycles. The molecule has 1 aromatic rings. The molecule has 19 heavy (non-hydrogen) atoms. The Morgan fingerprint density at radius 1 is 1.42 bits per heavy atom. The maximum atomic E-state index is 5.32. The second-order valence-electron chi connectivity index (χ2n) is 5.22. The second-order valence-corrected chi connectivity index (χ2v) is 5.22. The summed E-state index contributed by atoms with van der Waals surface area (Å²) in [5, 5.41) is 3.35. The minimum atomic E-state index is 0.442. The minimum absolute atomic E-state index is 0.442. The number of anilines is 2. The van der Waals surface area contributed by atoms with Crippen molar-refractivity contribution >= 4 is 11.8 Å². The summed E-state index contributed by atoms with van der Waals surface area (Å²) in [6.45, 7) is 3.90. The predicted octanol–water partition coefficient (Wildman–Crippen LogP) is 1.36. The zero-order valence-corrected chi connectivity index (χ0v) is 11.8. The van der Waals surface area contributed by atoms with Gasteiger partial charge >= 0.3 is 0 Å². The molecule has 6 heteroatoms. The van der Waals surface area contributed by atoms with Gasteiger partial charge < -0.3 is 10.2 Å². The lowest BCUT2D eigenvalue weighted by Gasteiger charge is -2.24. The first-order valence-corrected chi connectivity index (χ1v) is 6.95. The molecule has 6 nitrogen and oxygen atoms in total. The van der Waals surface area contributed by atoms with Crippen molar-refractivity contribution in [3.05, 3.63) is 11.8 Å². The lowest BCUT2D eigenvalue weighted by atomic mass is 10.2. The number of nitrogen functional groups attached to an aromatic ring is 1. The molecule has 1 aliphatic rings. The van der Waals surface area contributed by atoms with Gasteiger partial charge in [0.2, 0.25) is 5.95 Å². The van der Waals surface area contributed by atoms with E-state index in [2.05, 4.69) is 32.7 Å². The Labute approximate surface area is 114 Å². The van der Waals surface area contributed by atoms with Crippen LogP contribution in [0.2, 0.25) is 0 Å². The van der Waals surface area contributed by atoms with Crippen molar-refractivity contribution in [1.82, 2.24) is 14.9 Å². The Kier molecular flexibility index (Phi) is 4.93. The number of hydrazine groups is 1. The second kappa shape index (κ2) is 6.68. The minimum Gasteiger partial charge on any atom is -0.368 e. The molecule has 0 saturated heterocycles. The van der Waals surface area contributed by atoms with Crippen molar-refractivity contribution < 1.29 is 0 Å². The van der Waals surface area contributed by atoms with Gasteiger partial charge in [-0.2, -0.15) is 4.98 Å². The predicted molar refractivity (Wildman–Crippen MR) is 78.0 cm³/mol. The first-order valence-electron chi connectivity index (χ1n) is 6.95. The highest BCUT2D eigenvalue weighted by molar-refractivity contribution is 5.45. The van der Waals surface area contributed by atoms with Gasteiger partial charge in [0.15, 0.2) is 0 Å². The van der Waals surface area contributed by atoms with E-state index in [4.69, 9.17) is 5.84 Å². The molecular formula is C13H24N6. The molecule has 4 N–H and O–H groups in total. The molecule has 0 atom stereocenters. The monoisotopic (exact) mass is 264 g/mol. The Morgan fingerprint density at radius 2 is 2.16 bits per heavy atom. The summed E-state index contributed by atoms with van der Waals surface area (Å²) < 4.78 is 0. The molecule has 0 unspecified atom stereocenters. The molecule has 0 aliphatic heterocycles. The summed E-state index contributed by atoms with van der Waals surface area (Å²) >= 11 is 0. The van der Waals surface area contributed by atoms with Crippen LogP contribution in [-0.2, 0) is 0 Å². The van der Waals surface area contributed by atoms with Crippen molar-refractivity contribution in [2.24, 2.45) is 5.84 Å². The van der Waals surface area contributed by atoms with Crippen molar-refractivity contribution in [2.45, 2.75) is 38.6 Å². The summed E-state index contributed by atoms with van der Waals surface area (Å²) in [7, 11) is 2.21. The van der Waals surface area contributed by atoms with Gasteiger partial charge in [-0.3, -0.25) is 5.43 Å². The number of aryl methyl sites for hydroxylation is 1. The van der Waals surface area contributed by atoms with Gasteiger partial charge in [-0.05, 0) is 26.8 Å². The Morgan fingerprint density at radius 3 is 2.84 bits per heavy atom. The molecule has 0 radical (unpaired) electrons. The fourth-order valence-electron chi connectivity index (χ4n) is 2.57. The van der Waals surface area contributed by atoms with Crippen molar-refractivity contribution in [3.8, 4) is 0 Å². The highest BCUT2D eigenvalue weighted by Gasteiger charge is 2.18. The third kappa shape index (κ3) is 3.78. The van der Waals surface area contributed by atoms with E-state index in [1.807, 2.05) is 6.92 Å². The largest absolute Gasteiger partial charge is 0.368 e. The molecule has 0 aromatic carbocycles. The van der Waals surface area contributed by atoms with Gasteiger partial charge in [0, 0.05) is 30.9 Å². The lowest BCUT2D eigenvalue weighted by Crippen LogP contribution is -2.33. The number of nitrogens with one attached hydrogen (secondary N) is 2.